The molecule has 2 aromatic carbocycles. The van der Waals surface area contributed by atoms with Crippen LogP contribution in [0.25, 0.3) is 11.5 Å². The minimum Gasteiger partial charge on any atom is -0.497 e. The van der Waals surface area contributed by atoms with Gasteiger partial charge in [0, 0.05) is 17.4 Å². The minimum absolute atomic E-state index is 0.339. The van der Waals surface area contributed by atoms with Crippen molar-refractivity contribution in [3.8, 4) is 28.7 Å². The minimum atomic E-state index is -2.50. The molecule has 0 aliphatic rings. The molecule has 0 saturated carbocycles. The maximum Gasteiger partial charge on any atom is 0.289 e. The van der Waals surface area contributed by atoms with E-state index in [2.05, 4.69) is 10.2 Å². The first kappa shape index (κ1) is 21.3. The molecule has 0 unspecified atom stereocenters. The molecule has 0 N–H and O–H groups in total. The fourth-order valence-corrected chi connectivity index (χ4v) is 3.76. The van der Waals surface area contributed by atoms with Crippen LogP contribution in [0.1, 0.15) is 5.56 Å². The number of alkyl halides is 2. The zero-order valence-corrected chi connectivity index (χ0v) is 17.5. The summed E-state index contributed by atoms with van der Waals surface area (Å²) in [6, 6.07) is 10.4. The van der Waals surface area contributed by atoms with Crippen molar-refractivity contribution in [3.05, 3.63) is 42.0 Å². The lowest BCUT2D eigenvalue weighted by Crippen LogP contribution is -1.91. The molecular formula is C19H18F2N2O4S2. The highest BCUT2D eigenvalue weighted by Crippen LogP contribution is 2.36. The predicted octanol–water partition coefficient (Wildman–Crippen LogP) is 5.37. The van der Waals surface area contributed by atoms with Crippen molar-refractivity contribution in [1.29, 1.82) is 0 Å². The number of ether oxygens (including phenoxy) is 3. The smallest absolute Gasteiger partial charge is 0.289 e. The van der Waals surface area contributed by atoms with Crippen LogP contribution in [0.15, 0.2) is 50.9 Å². The van der Waals surface area contributed by atoms with E-state index in [-0.39, 0.29) is 0 Å². The molecule has 1 aromatic heterocycles. The molecule has 0 amide bonds. The normalized spacial score (nSPS) is 11.0. The summed E-state index contributed by atoms with van der Waals surface area (Å²) < 4.78 is 46.6. The summed E-state index contributed by atoms with van der Waals surface area (Å²) in [5.41, 5.74) is 1.56. The Bertz CT molecular complexity index is 947. The van der Waals surface area contributed by atoms with Gasteiger partial charge in [-0.25, -0.2) is 0 Å². The number of aromatic nitrogens is 2. The van der Waals surface area contributed by atoms with E-state index < -0.39 is 5.76 Å². The van der Waals surface area contributed by atoms with E-state index in [1.807, 2.05) is 0 Å². The molecule has 0 bridgehead atoms. The third kappa shape index (κ3) is 5.54. The maximum atomic E-state index is 12.6. The number of halogens is 2. The number of nitrogens with zero attached hydrogens (tertiary/aromatic N) is 2. The molecular weight excluding hydrogens is 422 g/mol. The zero-order chi connectivity index (χ0) is 20.8. The molecule has 0 atom stereocenters. The van der Waals surface area contributed by atoms with E-state index in [0.717, 1.165) is 5.56 Å². The molecule has 0 aliphatic carbocycles. The molecule has 29 heavy (non-hydrogen) atoms. The Kier molecular flexibility index (Phi) is 7.21. The van der Waals surface area contributed by atoms with Crippen LogP contribution < -0.4 is 14.2 Å². The van der Waals surface area contributed by atoms with Crippen LogP contribution in [0, 0.1) is 0 Å². The SMILES string of the molecule is COc1cc(OC)cc(-c2nnc(SCc3ccc(SC(F)F)c(OC)c3)o2)c1. The standard InChI is InChI=1S/C19H18F2N2O4S2/c1-24-13-7-12(8-14(9-13)25-2)17-22-23-19(27-17)28-10-11-4-5-16(29-18(20)21)15(6-11)26-3/h4-9,18H,10H2,1-3H3. The summed E-state index contributed by atoms with van der Waals surface area (Å²) in [6.45, 7) is 0. The highest BCUT2D eigenvalue weighted by Gasteiger charge is 2.14. The number of benzene rings is 2. The molecule has 0 aliphatic heterocycles. The second-order valence-electron chi connectivity index (χ2n) is 5.63. The first-order valence-corrected chi connectivity index (χ1v) is 10.2. The molecule has 0 saturated heterocycles. The Morgan fingerprint density at radius 1 is 0.966 bits per heavy atom. The van der Waals surface area contributed by atoms with E-state index in [1.54, 1.807) is 50.6 Å². The van der Waals surface area contributed by atoms with Gasteiger partial charge in [0.05, 0.1) is 26.2 Å². The monoisotopic (exact) mass is 440 g/mol. The van der Waals surface area contributed by atoms with E-state index in [1.165, 1.54) is 18.9 Å². The summed E-state index contributed by atoms with van der Waals surface area (Å²) >= 11 is 1.79. The predicted molar refractivity (Wildman–Crippen MR) is 107 cm³/mol. The van der Waals surface area contributed by atoms with Crippen molar-refractivity contribution in [1.82, 2.24) is 10.2 Å². The number of thioether (sulfide) groups is 2. The highest BCUT2D eigenvalue weighted by molar-refractivity contribution is 7.99. The lowest BCUT2D eigenvalue weighted by molar-refractivity contribution is 0.251. The zero-order valence-electron chi connectivity index (χ0n) is 15.8. The number of hydrogen-bond donors (Lipinski definition) is 0. The van der Waals surface area contributed by atoms with Gasteiger partial charge in [-0.2, -0.15) is 8.78 Å². The summed E-state index contributed by atoms with van der Waals surface area (Å²) in [7, 11) is 4.58. The Labute approximate surface area is 174 Å². The van der Waals surface area contributed by atoms with Crippen molar-refractivity contribution < 1.29 is 27.4 Å². The van der Waals surface area contributed by atoms with Gasteiger partial charge in [0.15, 0.2) is 0 Å². The van der Waals surface area contributed by atoms with Gasteiger partial charge in [0.25, 0.3) is 11.0 Å². The van der Waals surface area contributed by atoms with Gasteiger partial charge in [-0.15, -0.1) is 10.2 Å². The molecule has 6 nitrogen and oxygen atoms in total. The van der Waals surface area contributed by atoms with Crippen molar-refractivity contribution in [2.75, 3.05) is 21.3 Å². The van der Waals surface area contributed by atoms with Gasteiger partial charge in [-0.05, 0) is 29.8 Å². The quantitative estimate of drug-likeness (QED) is 0.412. The van der Waals surface area contributed by atoms with Gasteiger partial charge in [-0.3, -0.25) is 0 Å². The fraction of sp³-hybridized carbons (Fsp3) is 0.263. The summed E-state index contributed by atoms with van der Waals surface area (Å²) in [5.74, 6) is -0.0228. The lowest BCUT2D eigenvalue weighted by Gasteiger charge is -2.09. The van der Waals surface area contributed by atoms with Gasteiger partial charge >= 0.3 is 0 Å². The molecule has 0 spiro atoms. The van der Waals surface area contributed by atoms with E-state index >= 15 is 0 Å². The van der Waals surface area contributed by atoms with Crippen LogP contribution in [0.2, 0.25) is 0 Å². The molecule has 3 aromatic rings. The van der Waals surface area contributed by atoms with E-state index in [0.29, 0.717) is 56.3 Å². The van der Waals surface area contributed by atoms with Crippen LogP contribution in [0.3, 0.4) is 0 Å². The Hall–Kier alpha value is -2.46. The molecule has 0 radical (unpaired) electrons. The average molecular weight is 440 g/mol. The third-order valence-corrected chi connectivity index (χ3v) is 5.47. The summed E-state index contributed by atoms with van der Waals surface area (Å²) in [5, 5.41) is 8.50. The van der Waals surface area contributed by atoms with Crippen molar-refractivity contribution in [2.45, 2.75) is 21.6 Å². The van der Waals surface area contributed by atoms with Crippen LogP contribution in [0.4, 0.5) is 8.78 Å². The topological polar surface area (TPSA) is 66.6 Å². The molecule has 1 heterocycles. The maximum absolute atomic E-state index is 12.6. The summed E-state index contributed by atoms with van der Waals surface area (Å²) in [6.07, 6.45) is 0. The Balaban J connectivity index is 1.71. The third-order valence-electron chi connectivity index (χ3n) is 3.81. The van der Waals surface area contributed by atoms with Gasteiger partial charge in [0.1, 0.15) is 17.2 Å². The van der Waals surface area contributed by atoms with Gasteiger partial charge in [-0.1, -0.05) is 29.6 Å². The number of hydrogen-bond acceptors (Lipinski definition) is 8. The van der Waals surface area contributed by atoms with Crippen molar-refractivity contribution in [2.24, 2.45) is 0 Å². The van der Waals surface area contributed by atoms with Crippen molar-refractivity contribution in [3.63, 3.8) is 0 Å². The first-order chi connectivity index (χ1) is 14.0. The fourth-order valence-electron chi connectivity index (χ4n) is 2.46. The number of rotatable bonds is 9. The molecule has 0 fully saturated rings. The average Bonchev–Trinajstić information content (AvgIpc) is 3.21. The van der Waals surface area contributed by atoms with Crippen LogP contribution in [-0.2, 0) is 5.75 Å². The second kappa shape index (κ2) is 9.84. The van der Waals surface area contributed by atoms with Crippen molar-refractivity contribution >= 4 is 23.5 Å². The van der Waals surface area contributed by atoms with Crippen LogP contribution in [-0.4, -0.2) is 37.3 Å². The van der Waals surface area contributed by atoms with Gasteiger partial charge in [0.2, 0.25) is 5.89 Å². The first-order valence-electron chi connectivity index (χ1n) is 8.34. The van der Waals surface area contributed by atoms with Gasteiger partial charge < -0.3 is 18.6 Å². The van der Waals surface area contributed by atoms with E-state index in [9.17, 15) is 8.78 Å². The molecule has 154 valence electrons. The largest absolute Gasteiger partial charge is 0.497 e. The van der Waals surface area contributed by atoms with Crippen LogP contribution in [0.5, 0.6) is 17.2 Å². The summed E-state index contributed by atoms with van der Waals surface area (Å²) in [4.78, 5) is 0.392. The van der Waals surface area contributed by atoms with E-state index in [4.69, 9.17) is 18.6 Å². The lowest BCUT2D eigenvalue weighted by atomic mass is 10.2. The van der Waals surface area contributed by atoms with Crippen LogP contribution >= 0.6 is 23.5 Å². The second-order valence-corrected chi connectivity index (χ2v) is 7.59. The molecule has 3 rings (SSSR count). The molecule has 10 heteroatoms. The Morgan fingerprint density at radius 3 is 2.31 bits per heavy atom. The Morgan fingerprint density at radius 2 is 1.69 bits per heavy atom. The number of methoxy groups -OCH3 is 3. The highest BCUT2D eigenvalue weighted by atomic mass is 32.2.